The van der Waals surface area contributed by atoms with Crippen LogP contribution in [-0.4, -0.2) is 43.3 Å². The quantitative estimate of drug-likeness (QED) is 0.808. The molecule has 0 spiro atoms. The summed E-state index contributed by atoms with van der Waals surface area (Å²) in [7, 11) is 1.73. The number of ether oxygens (including phenoxy) is 1. The topological polar surface area (TPSA) is 44.4 Å². The third kappa shape index (κ3) is 2.59. The molecule has 1 aliphatic heterocycles. The number of para-hydroxylation sites is 4. The predicted molar refractivity (Wildman–Crippen MR) is 93.5 cm³/mol. The van der Waals surface area contributed by atoms with E-state index in [2.05, 4.69) is 33.0 Å². The molecule has 23 heavy (non-hydrogen) atoms. The zero-order valence-corrected chi connectivity index (χ0v) is 13.2. The van der Waals surface area contributed by atoms with Gasteiger partial charge >= 0.3 is 0 Å². The average molecular weight is 308 g/mol. The van der Waals surface area contributed by atoms with E-state index in [9.17, 15) is 0 Å². The Morgan fingerprint density at radius 3 is 2.39 bits per heavy atom. The number of rotatable bonds is 3. The van der Waals surface area contributed by atoms with Crippen molar-refractivity contribution in [2.24, 2.45) is 0 Å². The molecule has 118 valence electrons. The van der Waals surface area contributed by atoms with Crippen molar-refractivity contribution < 1.29 is 4.74 Å². The number of nitrogens with one attached hydrogen (secondary N) is 1. The summed E-state index contributed by atoms with van der Waals surface area (Å²) in [5, 5.41) is 0. The van der Waals surface area contributed by atoms with E-state index in [-0.39, 0.29) is 0 Å². The van der Waals surface area contributed by atoms with Crippen LogP contribution in [0.5, 0.6) is 5.75 Å². The van der Waals surface area contributed by atoms with Crippen LogP contribution >= 0.6 is 0 Å². The predicted octanol–water partition coefficient (Wildman–Crippen LogP) is 2.90. The lowest BCUT2D eigenvalue weighted by molar-refractivity contribution is 0.413. The molecule has 0 unspecified atom stereocenters. The SMILES string of the molecule is COc1ccccc1N1CCN(c2nc3ccccc3[nH]2)CC1. The molecule has 1 saturated heterocycles. The monoisotopic (exact) mass is 308 g/mol. The number of H-pyrrole nitrogens is 1. The molecule has 1 aliphatic rings. The highest BCUT2D eigenvalue weighted by molar-refractivity contribution is 5.77. The van der Waals surface area contributed by atoms with E-state index in [0.29, 0.717) is 0 Å². The molecular formula is C18H20N4O. The molecule has 1 aromatic heterocycles. The van der Waals surface area contributed by atoms with Gasteiger partial charge in [-0.05, 0) is 24.3 Å². The fourth-order valence-electron chi connectivity index (χ4n) is 3.14. The van der Waals surface area contributed by atoms with Crippen LogP contribution in [0.3, 0.4) is 0 Å². The zero-order valence-electron chi connectivity index (χ0n) is 13.2. The molecular weight excluding hydrogens is 288 g/mol. The largest absolute Gasteiger partial charge is 0.495 e. The Morgan fingerprint density at radius 1 is 0.913 bits per heavy atom. The highest BCUT2D eigenvalue weighted by Gasteiger charge is 2.21. The highest BCUT2D eigenvalue weighted by atomic mass is 16.5. The number of anilines is 2. The number of hydrogen-bond acceptors (Lipinski definition) is 4. The van der Waals surface area contributed by atoms with E-state index < -0.39 is 0 Å². The van der Waals surface area contributed by atoms with Gasteiger partial charge in [-0.3, -0.25) is 0 Å². The first-order valence-electron chi connectivity index (χ1n) is 7.93. The number of benzene rings is 2. The van der Waals surface area contributed by atoms with Crippen LogP contribution in [0.25, 0.3) is 11.0 Å². The summed E-state index contributed by atoms with van der Waals surface area (Å²) in [6.07, 6.45) is 0. The number of aromatic nitrogens is 2. The summed E-state index contributed by atoms with van der Waals surface area (Å²) in [6, 6.07) is 16.4. The van der Waals surface area contributed by atoms with Crippen molar-refractivity contribution in [3.8, 4) is 5.75 Å². The highest BCUT2D eigenvalue weighted by Crippen LogP contribution is 2.29. The number of methoxy groups -OCH3 is 1. The first kappa shape index (κ1) is 13.9. The van der Waals surface area contributed by atoms with Crippen LogP contribution in [0, 0.1) is 0 Å². The minimum Gasteiger partial charge on any atom is -0.495 e. The van der Waals surface area contributed by atoms with Crippen molar-refractivity contribution in [3.05, 3.63) is 48.5 Å². The molecule has 0 radical (unpaired) electrons. The first-order valence-corrected chi connectivity index (χ1v) is 7.93. The van der Waals surface area contributed by atoms with Crippen molar-refractivity contribution in [1.29, 1.82) is 0 Å². The number of nitrogens with zero attached hydrogens (tertiary/aromatic N) is 3. The van der Waals surface area contributed by atoms with Crippen molar-refractivity contribution in [3.63, 3.8) is 0 Å². The molecule has 0 bridgehead atoms. The lowest BCUT2D eigenvalue weighted by Gasteiger charge is -2.36. The van der Waals surface area contributed by atoms with Gasteiger partial charge in [0.15, 0.2) is 0 Å². The third-order valence-electron chi connectivity index (χ3n) is 4.38. The smallest absolute Gasteiger partial charge is 0.203 e. The van der Waals surface area contributed by atoms with Gasteiger partial charge in [0.05, 0.1) is 23.8 Å². The van der Waals surface area contributed by atoms with Gasteiger partial charge in [-0.25, -0.2) is 4.98 Å². The van der Waals surface area contributed by atoms with Crippen molar-refractivity contribution in [2.75, 3.05) is 43.1 Å². The first-order chi connectivity index (χ1) is 11.3. The maximum Gasteiger partial charge on any atom is 0.203 e. The Labute approximate surface area is 135 Å². The number of piperazine rings is 1. The second kappa shape index (κ2) is 5.83. The normalized spacial score (nSPS) is 15.2. The van der Waals surface area contributed by atoms with Gasteiger partial charge < -0.3 is 19.5 Å². The summed E-state index contributed by atoms with van der Waals surface area (Å²) in [6.45, 7) is 3.80. The van der Waals surface area contributed by atoms with E-state index in [1.807, 2.05) is 30.3 Å². The minimum atomic E-state index is 0.935. The maximum absolute atomic E-state index is 5.48. The molecule has 1 fully saturated rings. The Hall–Kier alpha value is -2.69. The summed E-state index contributed by atoms with van der Waals surface area (Å²) >= 11 is 0. The van der Waals surface area contributed by atoms with Gasteiger partial charge in [0, 0.05) is 26.2 Å². The van der Waals surface area contributed by atoms with Crippen LogP contribution in [0.1, 0.15) is 0 Å². The summed E-state index contributed by atoms with van der Waals surface area (Å²) in [5.74, 6) is 1.90. The summed E-state index contributed by atoms with van der Waals surface area (Å²) in [4.78, 5) is 12.8. The van der Waals surface area contributed by atoms with E-state index in [4.69, 9.17) is 9.72 Å². The van der Waals surface area contributed by atoms with Gasteiger partial charge in [-0.2, -0.15) is 0 Å². The van der Waals surface area contributed by atoms with Crippen molar-refractivity contribution in [1.82, 2.24) is 9.97 Å². The number of fused-ring (bicyclic) bond motifs is 1. The van der Waals surface area contributed by atoms with Gasteiger partial charge in [0.1, 0.15) is 5.75 Å². The Kier molecular flexibility index (Phi) is 3.54. The lowest BCUT2D eigenvalue weighted by atomic mass is 10.2. The van der Waals surface area contributed by atoms with E-state index >= 15 is 0 Å². The molecule has 0 aliphatic carbocycles. The van der Waals surface area contributed by atoms with Gasteiger partial charge in [0.2, 0.25) is 5.95 Å². The Bertz CT molecular complexity index is 772. The van der Waals surface area contributed by atoms with Crippen LogP contribution < -0.4 is 14.5 Å². The second-order valence-electron chi connectivity index (χ2n) is 5.72. The summed E-state index contributed by atoms with van der Waals surface area (Å²) < 4.78 is 5.48. The molecule has 4 rings (SSSR count). The van der Waals surface area contributed by atoms with Gasteiger partial charge in [0.25, 0.3) is 0 Å². The van der Waals surface area contributed by atoms with Crippen LogP contribution in [-0.2, 0) is 0 Å². The molecule has 5 heteroatoms. The van der Waals surface area contributed by atoms with Crippen LogP contribution in [0.4, 0.5) is 11.6 Å². The van der Waals surface area contributed by atoms with Crippen molar-refractivity contribution >= 4 is 22.7 Å². The van der Waals surface area contributed by atoms with E-state index in [0.717, 1.165) is 48.9 Å². The molecule has 0 saturated carbocycles. The molecule has 2 aromatic carbocycles. The molecule has 5 nitrogen and oxygen atoms in total. The Balaban J connectivity index is 1.50. The molecule has 0 amide bonds. The number of hydrogen-bond donors (Lipinski definition) is 1. The number of imidazole rings is 1. The van der Waals surface area contributed by atoms with Gasteiger partial charge in [-0.1, -0.05) is 24.3 Å². The third-order valence-corrected chi connectivity index (χ3v) is 4.38. The molecule has 0 atom stereocenters. The molecule has 3 aromatic rings. The van der Waals surface area contributed by atoms with Crippen LogP contribution in [0.15, 0.2) is 48.5 Å². The second-order valence-corrected chi connectivity index (χ2v) is 5.72. The van der Waals surface area contributed by atoms with Gasteiger partial charge in [-0.15, -0.1) is 0 Å². The fourth-order valence-corrected chi connectivity index (χ4v) is 3.14. The minimum absolute atomic E-state index is 0.935. The summed E-state index contributed by atoms with van der Waals surface area (Å²) in [5.41, 5.74) is 3.28. The molecule has 1 N–H and O–H groups in total. The molecule has 2 heterocycles. The zero-order chi connectivity index (χ0) is 15.6. The lowest BCUT2D eigenvalue weighted by Crippen LogP contribution is -2.47. The number of aromatic amines is 1. The standard InChI is InChI=1S/C18H20N4O/c1-23-17-9-5-4-8-16(17)21-10-12-22(13-11-21)18-19-14-6-2-3-7-15(14)20-18/h2-9H,10-13H2,1H3,(H,19,20). The van der Waals surface area contributed by atoms with E-state index in [1.165, 1.54) is 5.69 Å². The van der Waals surface area contributed by atoms with E-state index in [1.54, 1.807) is 7.11 Å². The van der Waals surface area contributed by atoms with Crippen LogP contribution in [0.2, 0.25) is 0 Å². The fraction of sp³-hybridized carbons (Fsp3) is 0.278. The maximum atomic E-state index is 5.48. The Morgan fingerprint density at radius 2 is 1.61 bits per heavy atom. The average Bonchev–Trinajstić information content (AvgIpc) is 3.06. The van der Waals surface area contributed by atoms with Crippen molar-refractivity contribution in [2.45, 2.75) is 0 Å².